The lowest BCUT2D eigenvalue weighted by Gasteiger charge is -2.27. The van der Waals surface area contributed by atoms with Crippen LogP contribution in [0.25, 0.3) is 0 Å². The normalized spacial score (nSPS) is 21.2. The number of hydrogen-bond donors (Lipinski definition) is 3. The van der Waals surface area contributed by atoms with E-state index >= 15 is 0 Å². The molecule has 1 saturated heterocycles. The van der Waals surface area contributed by atoms with Gasteiger partial charge in [-0.15, -0.1) is 0 Å². The average Bonchev–Trinajstić information content (AvgIpc) is 2.80. The number of carbonyl (C=O) groups excluding carboxylic acids is 2. The number of aliphatic hydroxyl groups excluding tert-OH is 1. The number of likely N-dealkylation sites (N-methyl/N-ethyl adjacent to an activating group) is 1. The molecule has 0 aromatic rings. The number of amides is 3. The number of methoxy groups -OCH3 is 1. The van der Waals surface area contributed by atoms with E-state index in [4.69, 9.17) is 9.84 Å². The van der Waals surface area contributed by atoms with E-state index in [0.29, 0.717) is 13.2 Å². The molecule has 21 heavy (non-hydrogen) atoms. The zero-order chi connectivity index (χ0) is 16.0. The molecular formula is C12H21N3O6. The maximum atomic E-state index is 12.1. The average molecular weight is 303 g/mol. The van der Waals surface area contributed by atoms with Gasteiger partial charge in [-0.05, 0) is 0 Å². The topological polar surface area (TPSA) is 119 Å². The van der Waals surface area contributed by atoms with Crippen LogP contribution < -0.4 is 5.32 Å². The highest BCUT2D eigenvalue weighted by molar-refractivity contribution is 5.87. The molecule has 0 radical (unpaired) electrons. The third kappa shape index (κ3) is 4.87. The summed E-state index contributed by atoms with van der Waals surface area (Å²) in [6.45, 7) is 0.452. The fourth-order valence-corrected chi connectivity index (χ4v) is 2.11. The Hall–Kier alpha value is -1.87. The van der Waals surface area contributed by atoms with E-state index in [1.807, 2.05) is 0 Å². The molecule has 1 aliphatic rings. The Balaban J connectivity index is 2.53. The number of β-amino-alcohol motifs (C(OH)–C–C–N with tert-alkyl or cyclic N) is 1. The molecule has 1 aliphatic heterocycles. The Kier molecular flexibility index (Phi) is 6.38. The number of urea groups is 1. The molecule has 1 rings (SSSR count). The summed E-state index contributed by atoms with van der Waals surface area (Å²) in [5.41, 5.74) is 0. The molecule has 120 valence electrons. The quantitative estimate of drug-likeness (QED) is 0.504. The lowest BCUT2D eigenvalue weighted by Crippen LogP contribution is -2.49. The Morgan fingerprint density at radius 1 is 1.43 bits per heavy atom. The maximum absolute atomic E-state index is 12.1. The molecule has 9 heteroatoms. The lowest BCUT2D eigenvalue weighted by atomic mass is 10.2. The van der Waals surface area contributed by atoms with E-state index in [9.17, 15) is 19.5 Å². The van der Waals surface area contributed by atoms with Crippen molar-refractivity contribution in [2.45, 2.75) is 18.6 Å². The predicted octanol–water partition coefficient (Wildman–Crippen LogP) is -1.68. The molecular weight excluding hydrogens is 282 g/mol. The van der Waals surface area contributed by atoms with Crippen LogP contribution in [0.4, 0.5) is 4.79 Å². The molecule has 0 aromatic carbocycles. The van der Waals surface area contributed by atoms with Gasteiger partial charge in [-0.3, -0.25) is 4.79 Å². The molecule has 0 bridgehead atoms. The zero-order valence-electron chi connectivity index (χ0n) is 12.1. The number of nitrogens with one attached hydrogen (secondary N) is 1. The van der Waals surface area contributed by atoms with Crippen molar-refractivity contribution >= 4 is 17.9 Å². The van der Waals surface area contributed by atoms with Gasteiger partial charge in [0.05, 0.1) is 12.7 Å². The van der Waals surface area contributed by atoms with Gasteiger partial charge in [-0.1, -0.05) is 0 Å². The number of ether oxygens (including phenoxy) is 1. The molecule has 0 spiro atoms. The van der Waals surface area contributed by atoms with E-state index in [1.165, 1.54) is 14.2 Å². The minimum absolute atomic E-state index is 0.00501. The minimum atomic E-state index is -1.17. The van der Waals surface area contributed by atoms with Crippen molar-refractivity contribution in [3.05, 3.63) is 0 Å². The summed E-state index contributed by atoms with van der Waals surface area (Å²) in [4.78, 5) is 37.0. The van der Waals surface area contributed by atoms with Crippen LogP contribution in [0.2, 0.25) is 0 Å². The third-order valence-electron chi connectivity index (χ3n) is 3.15. The first-order valence-corrected chi connectivity index (χ1v) is 6.55. The van der Waals surface area contributed by atoms with Crippen molar-refractivity contribution in [3.63, 3.8) is 0 Å². The van der Waals surface area contributed by atoms with Crippen molar-refractivity contribution in [2.24, 2.45) is 0 Å². The van der Waals surface area contributed by atoms with Crippen LogP contribution in [0.5, 0.6) is 0 Å². The molecule has 3 N–H and O–H groups in total. The van der Waals surface area contributed by atoms with Crippen LogP contribution >= 0.6 is 0 Å². The lowest BCUT2D eigenvalue weighted by molar-refractivity contribution is -0.141. The Morgan fingerprint density at radius 3 is 2.67 bits per heavy atom. The van der Waals surface area contributed by atoms with E-state index in [0.717, 1.165) is 9.80 Å². The summed E-state index contributed by atoms with van der Waals surface area (Å²) in [5, 5.41) is 21.1. The first-order valence-electron chi connectivity index (χ1n) is 6.55. The van der Waals surface area contributed by atoms with Crippen molar-refractivity contribution in [1.29, 1.82) is 0 Å². The standard InChI is InChI=1S/C12H21N3O6/c1-14(7-10(17)13-3-4-21-2)12(20)15-6-8(16)5-9(15)11(18)19/h8-9,16H,3-7H2,1-2H3,(H,13,17)(H,18,19)/t8-,9+/m1/s1. The third-order valence-corrected chi connectivity index (χ3v) is 3.15. The van der Waals surface area contributed by atoms with Crippen molar-refractivity contribution in [3.8, 4) is 0 Å². The van der Waals surface area contributed by atoms with Crippen molar-refractivity contribution in [1.82, 2.24) is 15.1 Å². The molecule has 0 saturated carbocycles. The Morgan fingerprint density at radius 2 is 2.10 bits per heavy atom. The highest BCUT2D eigenvalue weighted by Gasteiger charge is 2.40. The summed E-state index contributed by atoms with van der Waals surface area (Å²) < 4.78 is 4.78. The summed E-state index contributed by atoms with van der Waals surface area (Å²) in [6.07, 6.45) is -0.867. The van der Waals surface area contributed by atoms with E-state index < -0.39 is 24.1 Å². The van der Waals surface area contributed by atoms with Crippen molar-refractivity contribution < 1.29 is 29.3 Å². The number of carboxylic acid groups (broad SMARTS) is 1. The monoisotopic (exact) mass is 303 g/mol. The van der Waals surface area contributed by atoms with E-state index in [-0.39, 0.29) is 25.4 Å². The fraction of sp³-hybridized carbons (Fsp3) is 0.750. The molecule has 9 nitrogen and oxygen atoms in total. The second-order valence-corrected chi connectivity index (χ2v) is 4.88. The van der Waals surface area contributed by atoms with Gasteiger partial charge in [0.25, 0.3) is 0 Å². The number of aliphatic carboxylic acids is 1. The first kappa shape index (κ1) is 17.2. The molecule has 0 unspecified atom stereocenters. The summed E-state index contributed by atoms with van der Waals surface area (Å²) in [6, 6.07) is -1.66. The predicted molar refractivity (Wildman–Crippen MR) is 71.7 cm³/mol. The number of nitrogens with zero attached hydrogens (tertiary/aromatic N) is 2. The second-order valence-electron chi connectivity index (χ2n) is 4.88. The molecule has 0 aromatic heterocycles. The second kappa shape index (κ2) is 7.79. The largest absolute Gasteiger partial charge is 0.480 e. The molecule has 1 heterocycles. The van der Waals surface area contributed by atoms with Gasteiger partial charge in [0, 0.05) is 33.7 Å². The Bertz CT molecular complexity index is 402. The van der Waals surface area contributed by atoms with E-state index in [2.05, 4.69) is 5.32 Å². The highest BCUT2D eigenvalue weighted by atomic mass is 16.5. The maximum Gasteiger partial charge on any atom is 0.326 e. The van der Waals surface area contributed by atoms with Gasteiger partial charge >= 0.3 is 12.0 Å². The van der Waals surface area contributed by atoms with Gasteiger partial charge in [0.15, 0.2) is 0 Å². The number of rotatable bonds is 6. The number of aliphatic hydroxyl groups is 1. The minimum Gasteiger partial charge on any atom is -0.480 e. The number of likely N-dealkylation sites (tertiary alicyclic amines) is 1. The van der Waals surface area contributed by atoms with E-state index in [1.54, 1.807) is 0 Å². The molecule has 1 fully saturated rings. The van der Waals surface area contributed by atoms with Gasteiger partial charge in [-0.25, -0.2) is 9.59 Å². The van der Waals surface area contributed by atoms with Crippen LogP contribution in [0, 0.1) is 0 Å². The Labute approximate surface area is 122 Å². The van der Waals surface area contributed by atoms with Crippen molar-refractivity contribution in [2.75, 3.05) is 40.4 Å². The molecule has 2 atom stereocenters. The smallest absolute Gasteiger partial charge is 0.326 e. The fourth-order valence-electron chi connectivity index (χ4n) is 2.11. The zero-order valence-corrected chi connectivity index (χ0v) is 12.1. The van der Waals surface area contributed by atoms with Crippen LogP contribution in [-0.2, 0) is 14.3 Å². The molecule has 0 aliphatic carbocycles. The SMILES string of the molecule is COCCNC(=O)CN(C)C(=O)N1C[C@H](O)C[C@H]1C(=O)O. The molecule has 3 amide bonds. The summed E-state index contributed by atoms with van der Waals surface area (Å²) >= 11 is 0. The summed E-state index contributed by atoms with van der Waals surface area (Å²) in [5.74, 6) is -1.53. The van der Waals surface area contributed by atoms with Crippen LogP contribution in [0.15, 0.2) is 0 Å². The van der Waals surface area contributed by atoms with Crippen LogP contribution in [0.3, 0.4) is 0 Å². The summed E-state index contributed by atoms with van der Waals surface area (Å²) in [7, 11) is 2.91. The van der Waals surface area contributed by atoms with Gasteiger partial charge in [0.2, 0.25) is 5.91 Å². The number of carboxylic acids is 1. The highest BCUT2D eigenvalue weighted by Crippen LogP contribution is 2.19. The number of hydrogen-bond acceptors (Lipinski definition) is 5. The van der Waals surface area contributed by atoms with Gasteiger partial charge < -0.3 is 30.1 Å². The van der Waals surface area contributed by atoms with Gasteiger partial charge in [0.1, 0.15) is 12.6 Å². The van der Waals surface area contributed by atoms with Crippen LogP contribution in [-0.4, -0.2) is 90.5 Å². The first-order chi connectivity index (χ1) is 9.86. The number of carbonyl (C=O) groups is 3. The van der Waals surface area contributed by atoms with Gasteiger partial charge in [-0.2, -0.15) is 0 Å². The van der Waals surface area contributed by atoms with Crippen LogP contribution in [0.1, 0.15) is 6.42 Å².